The lowest BCUT2D eigenvalue weighted by Crippen LogP contribution is -2.67. The fourth-order valence-corrected chi connectivity index (χ4v) is 11.4. The number of Topliss-reactive ketones (excluding diaryl/α,β-unsaturated/α-hetero) is 1. The van der Waals surface area contributed by atoms with Crippen LogP contribution in [0.3, 0.4) is 0 Å². The molecule has 2 fully saturated rings. The van der Waals surface area contributed by atoms with Crippen molar-refractivity contribution in [1.82, 2.24) is 30.3 Å². The monoisotopic (exact) mass is 1200 g/mol. The third-order valence-electron chi connectivity index (χ3n) is 13.9. The molecule has 0 saturated carbocycles. The number of rotatable bonds is 30. The Bertz CT molecular complexity index is 3110. The Labute approximate surface area is 490 Å². The van der Waals surface area contributed by atoms with E-state index in [1.54, 1.807) is 58.3 Å². The van der Waals surface area contributed by atoms with Crippen LogP contribution in [0, 0.1) is 0 Å². The predicted molar refractivity (Wildman–Crippen MR) is 305 cm³/mol. The quantitative estimate of drug-likeness (QED) is 0.0183. The molecular weight excluding hydrogens is 1140 g/mol. The number of nitrogens with zero attached hydrogens (tertiary/aromatic N) is 4. The molecule has 5 amide bonds. The highest BCUT2D eigenvalue weighted by Gasteiger charge is 2.52. The number of carboxylic acids is 1. The number of phenolic OH excluding ortho intramolecular Hbond substituents is 1. The second-order valence-electron chi connectivity index (χ2n) is 20.0. The fourth-order valence-electron chi connectivity index (χ4n) is 9.45. The van der Waals surface area contributed by atoms with Crippen molar-refractivity contribution >= 4 is 73.8 Å². The van der Waals surface area contributed by atoms with Crippen LogP contribution in [0.4, 0.5) is 0 Å². The van der Waals surface area contributed by atoms with Gasteiger partial charge in [-0.15, -0.1) is 0 Å². The zero-order valence-corrected chi connectivity index (χ0v) is 47.6. The second kappa shape index (κ2) is 31.2. The molecule has 4 aliphatic rings. The number of amides is 5. The number of fused-ring (bicyclic) bond motifs is 2. The minimum absolute atomic E-state index is 0.0476. The molecule has 3 aliphatic heterocycles. The molecule has 0 spiro atoms. The summed E-state index contributed by atoms with van der Waals surface area (Å²) in [6, 6.07) is 20.1. The van der Waals surface area contributed by atoms with Crippen molar-refractivity contribution in [2.45, 2.75) is 73.7 Å². The van der Waals surface area contributed by atoms with Crippen molar-refractivity contribution in [1.29, 1.82) is 0 Å². The number of hydrogen-bond acceptors (Lipinski definition) is 21. The zero-order chi connectivity index (χ0) is 60.3. The van der Waals surface area contributed by atoms with Crippen LogP contribution in [0.5, 0.6) is 5.75 Å². The van der Waals surface area contributed by atoms with Crippen molar-refractivity contribution in [3.63, 3.8) is 0 Å². The van der Waals surface area contributed by atoms with Gasteiger partial charge in [0.15, 0.2) is 11.0 Å². The summed E-state index contributed by atoms with van der Waals surface area (Å²) in [5.41, 5.74) is 0.117. The molecule has 4 heterocycles. The Morgan fingerprint density at radius 2 is 1.60 bits per heavy atom. The molecule has 0 radical (unpaired) electrons. The fraction of sp³-hybridized carbons (Fsp3) is 0.456. The number of benzene rings is 3. The second-order valence-corrected chi connectivity index (χ2v) is 22.5. The van der Waals surface area contributed by atoms with E-state index in [0.717, 1.165) is 16.8 Å². The highest BCUT2D eigenvalue weighted by Crippen LogP contribution is 2.42. The van der Waals surface area contributed by atoms with Gasteiger partial charge in [0.25, 0.3) is 5.91 Å². The Balaban J connectivity index is 0.895. The van der Waals surface area contributed by atoms with Gasteiger partial charge in [-0.25, -0.2) is 9.78 Å². The van der Waals surface area contributed by atoms with Gasteiger partial charge < -0.3 is 79.3 Å². The molecule has 3 aromatic rings. The number of aromatic hydroxyl groups is 1. The number of pyridine rings is 1. The topological polar surface area (TPSA) is 355 Å². The number of piperazine rings is 1. The van der Waals surface area contributed by atoms with E-state index in [1.165, 1.54) is 40.0 Å². The number of aromatic nitrogens is 1. The summed E-state index contributed by atoms with van der Waals surface area (Å²) in [4.78, 5) is 113. The number of aliphatic hydroxyl groups excluding tert-OH is 4. The summed E-state index contributed by atoms with van der Waals surface area (Å²) in [6.45, 7) is -1.45. The van der Waals surface area contributed by atoms with E-state index in [1.807, 2.05) is 18.2 Å². The van der Waals surface area contributed by atoms with Crippen molar-refractivity contribution in [2.75, 3.05) is 97.8 Å². The van der Waals surface area contributed by atoms with Gasteiger partial charge in [0, 0.05) is 105 Å². The maximum Gasteiger partial charge on any atom is 0.335 e. The SMILES string of the molecule is C[C@]1(C(=O)O)C[C@H](O)[C@@H](NC(=O)CNC(=O)CN(CCOCCOCCCC(=O)CCSSc2ccccn2)C(=O)COCC(=O)N2CCN(C(=O)c3ccccc3-c3c4ccc(=O)cc-4oc4cc(O)ccc34)CC2)[C@H]([C@H](O)[C@H](O)CO)O1. The maximum atomic E-state index is 14.3. The lowest BCUT2D eigenvalue weighted by molar-refractivity contribution is -0.224. The standard InChI is InChI=1S/C57H68N6O19S2/c1-57(56(76)77)29-42(68)52(54(82-57)53(74)43(69)32-64)60-46(70)30-59-47(71)31-63(21-23-79-25-24-78-22-6-7-35(65)15-26-83-84-48-10-4-5-16-58-48)50(73)34-80-33-49(72)61-17-19-62(20-18-61)55(75)39-9-3-2-8-38(39)51-40-13-11-36(66)27-44(40)81-45-28-37(67)12-14-41(45)51/h2-5,8-14,16,27-28,42-43,52-54,64,66,68-69,74H,6-7,15,17-26,29-34H2,1H3,(H,59,71)(H,60,70)(H,76,77)/t42-,43+,52+,53+,54+,57+/m0/s1. The molecule has 0 bridgehead atoms. The average molecular weight is 1210 g/mol. The number of ether oxygens (including phenoxy) is 4. The number of hydrogen-bond donors (Lipinski definition) is 8. The molecule has 0 unspecified atom stereocenters. The minimum atomic E-state index is -2.04. The van der Waals surface area contributed by atoms with Crippen LogP contribution >= 0.6 is 21.6 Å². The summed E-state index contributed by atoms with van der Waals surface area (Å²) >= 11 is 0. The summed E-state index contributed by atoms with van der Waals surface area (Å²) in [5.74, 6) is -3.79. The van der Waals surface area contributed by atoms with Crippen LogP contribution < -0.4 is 16.1 Å². The third kappa shape index (κ3) is 17.8. The van der Waals surface area contributed by atoms with E-state index in [-0.39, 0.29) is 81.2 Å². The Kier molecular flexibility index (Phi) is 24.0. The molecule has 1 aliphatic carbocycles. The molecule has 8 N–H and O–H groups in total. The van der Waals surface area contributed by atoms with Crippen LogP contribution in [0.1, 0.15) is 43.0 Å². The zero-order valence-electron chi connectivity index (χ0n) is 46.0. The van der Waals surface area contributed by atoms with E-state index in [9.17, 15) is 69.0 Å². The molecule has 84 heavy (non-hydrogen) atoms. The van der Waals surface area contributed by atoms with E-state index >= 15 is 0 Å². The summed E-state index contributed by atoms with van der Waals surface area (Å²) in [5, 5.41) is 67.3. The Morgan fingerprint density at radius 3 is 2.33 bits per heavy atom. The van der Waals surface area contributed by atoms with Gasteiger partial charge in [-0.1, -0.05) is 35.1 Å². The van der Waals surface area contributed by atoms with E-state index in [0.29, 0.717) is 64.8 Å². The van der Waals surface area contributed by atoms with Crippen LogP contribution in [0.25, 0.3) is 33.4 Å². The van der Waals surface area contributed by atoms with Gasteiger partial charge in [-0.3, -0.25) is 33.6 Å². The lowest BCUT2D eigenvalue weighted by Gasteiger charge is -2.45. The van der Waals surface area contributed by atoms with Gasteiger partial charge in [-0.05, 0) is 72.2 Å². The van der Waals surface area contributed by atoms with Gasteiger partial charge in [0.05, 0.1) is 51.7 Å². The normalized spacial score (nSPS) is 18.7. The van der Waals surface area contributed by atoms with Crippen molar-refractivity contribution in [3.8, 4) is 28.2 Å². The van der Waals surface area contributed by atoms with Crippen LogP contribution in [-0.4, -0.2) is 225 Å². The first kappa shape index (κ1) is 64.5. The van der Waals surface area contributed by atoms with Crippen molar-refractivity contribution < 1.29 is 87.6 Å². The largest absolute Gasteiger partial charge is 0.508 e. The molecule has 2 aromatic carbocycles. The maximum absolute atomic E-state index is 14.3. The number of carbonyl (C=O) groups excluding carboxylic acids is 6. The van der Waals surface area contributed by atoms with Gasteiger partial charge >= 0.3 is 5.97 Å². The molecule has 1 aromatic heterocycles. The highest BCUT2D eigenvalue weighted by atomic mass is 33.1. The number of aliphatic carboxylic acids is 1. The van der Waals surface area contributed by atoms with Gasteiger partial charge in [-0.2, -0.15) is 0 Å². The molecule has 25 nitrogen and oxygen atoms in total. The van der Waals surface area contributed by atoms with Crippen LogP contribution in [0.15, 0.2) is 99.3 Å². The number of carboxylic acid groups (broad SMARTS) is 1. The molecule has 7 rings (SSSR count). The van der Waals surface area contributed by atoms with Gasteiger partial charge in [0.1, 0.15) is 59.4 Å². The third-order valence-corrected chi connectivity index (χ3v) is 16.2. The Morgan fingerprint density at radius 1 is 0.857 bits per heavy atom. The highest BCUT2D eigenvalue weighted by molar-refractivity contribution is 8.76. The number of carbonyl (C=O) groups is 7. The smallest absolute Gasteiger partial charge is 0.335 e. The van der Waals surface area contributed by atoms with Crippen molar-refractivity contribution in [2.24, 2.45) is 0 Å². The van der Waals surface area contributed by atoms with E-state index in [2.05, 4.69) is 15.6 Å². The first-order chi connectivity index (χ1) is 40.3. The summed E-state index contributed by atoms with van der Waals surface area (Å²) in [7, 11) is 3.06. The van der Waals surface area contributed by atoms with Crippen LogP contribution in [0.2, 0.25) is 0 Å². The summed E-state index contributed by atoms with van der Waals surface area (Å²) < 4.78 is 28.4. The minimum Gasteiger partial charge on any atom is -0.508 e. The first-order valence-electron chi connectivity index (χ1n) is 27.1. The lowest BCUT2D eigenvalue weighted by atomic mass is 9.84. The molecule has 2 saturated heterocycles. The van der Waals surface area contributed by atoms with Gasteiger partial charge in [0.2, 0.25) is 23.6 Å². The van der Waals surface area contributed by atoms with E-state index < -0.39 is 105 Å². The number of aliphatic hydroxyl groups is 4. The first-order valence-corrected chi connectivity index (χ1v) is 29.4. The molecule has 6 atom stereocenters. The number of phenols is 1. The average Bonchev–Trinajstić information content (AvgIpc) is 1.07. The molecular formula is C57H68N6O19S2. The van der Waals surface area contributed by atoms with Crippen LogP contribution in [-0.2, 0) is 47.7 Å². The predicted octanol–water partition coefficient (Wildman–Crippen LogP) is 1.32. The molecule has 452 valence electrons. The summed E-state index contributed by atoms with van der Waals surface area (Å²) in [6.07, 6.45) is -4.69. The number of ketones is 1. The molecule has 27 heteroatoms. The van der Waals surface area contributed by atoms with Crippen molar-refractivity contribution in [3.05, 3.63) is 101 Å². The number of nitrogens with one attached hydrogen (secondary N) is 2. The van der Waals surface area contributed by atoms with E-state index in [4.69, 9.17) is 23.4 Å². The Hall–Kier alpha value is -7.05.